The molecule has 0 bridgehead atoms. The van der Waals surface area contributed by atoms with Crippen LogP contribution < -0.4 is 4.90 Å². The number of carbonyl (C=O) groups excluding carboxylic acids is 2. The van der Waals surface area contributed by atoms with E-state index in [0.717, 1.165) is 60.0 Å². The van der Waals surface area contributed by atoms with Gasteiger partial charge in [-0.3, -0.25) is 4.90 Å². The largest absolute Gasteiger partial charge is 0.443 e. The summed E-state index contributed by atoms with van der Waals surface area (Å²) < 4.78 is 7.33. The highest BCUT2D eigenvalue weighted by Gasteiger charge is 2.23. The molecule has 1 fully saturated rings. The number of aldehydes is 1. The molecule has 6 heteroatoms. The van der Waals surface area contributed by atoms with Gasteiger partial charge in [0.25, 0.3) is 0 Å². The van der Waals surface area contributed by atoms with Gasteiger partial charge in [-0.2, -0.15) is 0 Å². The average molecular weight is 393 g/mol. The standard InChI is InChI=1S/C23H27N3O3/c1-23(2,3)29-22(28)26-20-7-5-4-6-18(20)19-16-17(8-9-21(19)26)25-12-10-24(11-13-25)14-15-27/h4-9,15-16H,10-14H2,1-3H3. The zero-order valence-corrected chi connectivity index (χ0v) is 17.2. The third-order valence-corrected chi connectivity index (χ3v) is 5.30. The van der Waals surface area contributed by atoms with Crippen LogP contribution >= 0.6 is 0 Å². The molecule has 0 atom stereocenters. The van der Waals surface area contributed by atoms with Crippen molar-refractivity contribution in [3.05, 3.63) is 42.5 Å². The van der Waals surface area contributed by atoms with Crippen molar-refractivity contribution < 1.29 is 14.3 Å². The summed E-state index contributed by atoms with van der Waals surface area (Å²) in [6.45, 7) is 9.63. The fourth-order valence-corrected chi connectivity index (χ4v) is 3.96. The predicted octanol–water partition coefficient (Wildman–Crippen LogP) is 3.90. The summed E-state index contributed by atoms with van der Waals surface area (Å²) in [7, 11) is 0. The van der Waals surface area contributed by atoms with Crippen molar-refractivity contribution >= 4 is 39.9 Å². The summed E-state index contributed by atoms with van der Waals surface area (Å²) >= 11 is 0. The molecule has 2 heterocycles. The van der Waals surface area contributed by atoms with Crippen LogP contribution in [0.25, 0.3) is 21.8 Å². The monoisotopic (exact) mass is 393 g/mol. The molecule has 0 radical (unpaired) electrons. The van der Waals surface area contributed by atoms with Crippen LogP contribution in [0.15, 0.2) is 42.5 Å². The van der Waals surface area contributed by atoms with Crippen molar-refractivity contribution in [1.82, 2.24) is 9.47 Å². The summed E-state index contributed by atoms with van der Waals surface area (Å²) in [4.78, 5) is 28.2. The van der Waals surface area contributed by atoms with Gasteiger partial charge in [0.05, 0.1) is 17.6 Å². The highest BCUT2D eigenvalue weighted by Crippen LogP contribution is 2.33. The Kier molecular flexibility index (Phi) is 5.04. The van der Waals surface area contributed by atoms with Gasteiger partial charge < -0.3 is 14.4 Å². The number of hydrogen-bond acceptors (Lipinski definition) is 5. The van der Waals surface area contributed by atoms with Crippen molar-refractivity contribution in [2.24, 2.45) is 0 Å². The Bertz CT molecular complexity index is 1060. The molecule has 29 heavy (non-hydrogen) atoms. The zero-order valence-electron chi connectivity index (χ0n) is 17.2. The van der Waals surface area contributed by atoms with Gasteiger partial charge in [-0.05, 0) is 45.0 Å². The Morgan fingerprint density at radius 2 is 1.69 bits per heavy atom. The maximum atomic E-state index is 12.9. The summed E-state index contributed by atoms with van der Waals surface area (Å²) in [5.41, 5.74) is 2.28. The number of anilines is 1. The van der Waals surface area contributed by atoms with Crippen LogP contribution in [-0.4, -0.2) is 60.2 Å². The van der Waals surface area contributed by atoms with Gasteiger partial charge in [0.2, 0.25) is 0 Å². The molecular formula is C23H27N3O3. The van der Waals surface area contributed by atoms with Gasteiger partial charge in [-0.15, -0.1) is 0 Å². The topological polar surface area (TPSA) is 54.8 Å². The van der Waals surface area contributed by atoms with Crippen molar-refractivity contribution in [2.45, 2.75) is 26.4 Å². The minimum atomic E-state index is -0.560. The van der Waals surface area contributed by atoms with Crippen LogP contribution in [0.2, 0.25) is 0 Å². The molecule has 0 saturated carbocycles. The number of piperazine rings is 1. The minimum absolute atomic E-state index is 0.362. The molecule has 152 valence electrons. The third kappa shape index (κ3) is 3.85. The van der Waals surface area contributed by atoms with E-state index in [1.165, 1.54) is 0 Å². The van der Waals surface area contributed by atoms with Crippen LogP contribution in [0, 0.1) is 0 Å². The molecule has 1 saturated heterocycles. The molecule has 0 N–H and O–H groups in total. The quantitative estimate of drug-likeness (QED) is 0.632. The van der Waals surface area contributed by atoms with E-state index in [1.807, 2.05) is 51.1 Å². The maximum Gasteiger partial charge on any atom is 0.419 e. The molecule has 0 aliphatic carbocycles. The number of benzene rings is 2. The fourth-order valence-electron chi connectivity index (χ4n) is 3.96. The highest BCUT2D eigenvalue weighted by molar-refractivity contribution is 6.13. The second-order valence-electron chi connectivity index (χ2n) is 8.49. The van der Waals surface area contributed by atoms with E-state index in [-0.39, 0.29) is 6.09 Å². The first-order chi connectivity index (χ1) is 13.9. The third-order valence-electron chi connectivity index (χ3n) is 5.30. The van der Waals surface area contributed by atoms with Gasteiger partial charge in [-0.1, -0.05) is 18.2 Å². The summed E-state index contributed by atoms with van der Waals surface area (Å²) in [6.07, 6.45) is 0.603. The van der Waals surface area contributed by atoms with Gasteiger partial charge in [-0.25, -0.2) is 9.36 Å². The summed E-state index contributed by atoms with van der Waals surface area (Å²) in [5.74, 6) is 0. The second-order valence-corrected chi connectivity index (χ2v) is 8.49. The van der Waals surface area contributed by atoms with E-state index in [2.05, 4.69) is 21.9 Å². The summed E-state index contributed by atoms with van der Waals surface area (Å²) in [6, 6.07) is 14.2. The Morgan fingerprint density at radius 3 is 2.38 bits per heavy atom. The molecule has 1 aliphatic rings. The van der Waals surface area contributed by atoms with E-state index in [1.54, 1.807) is 4.57 Å². The highest BCUT2D eigenvalue weighted by atomic mass is 16.6. The molecule has 2 aromatic carbocycles. The van der Waals surface area contributed by atoms with E-state index >= 15 is 0 Å². The normalized spacial score (nSPS) is 15.8. The maximum absolute atomic E-state index is 12.9. The van der Waals surface area contributed by atoms with Gasteiger partial charge in [0.15, 0.2) is 0 Å². The molecular weight excluding hydrogens is 366 g/mol. The SMILES string of the molecule is CC(C)(C)OC(=O)n1c2ccccc2c2cc(N3CCN(CC=O)CC3)ccc21. The Morgan fingerprint density at radius 1 is 1.00 bits per heavy atom. The Hall–Kier alpha value is -2.86. The first-order valence-electron chi connectivity index (χ1n) is 10.0. The number of ether oxygens (including phenoxy) is 1. The van der Waals surface area contributed by atoms with Crippen molar-refractivity contribution in [1.29, 1.82) is 0 Å². The van der Waals surface area contributed by atoms with E-state index in [0.29, 0.717) is 6.54 Å². The molecule has 1 aromatic heterocycles. The van der Waals surface area contributed by atoms with E-state index < -0.39 is 5.60 Å². The van der Waals surface area contributed by atoms with Crippen LogP contribution in [-0.2, 0) is 9.53 Å². The number of para-hydroxylation sites is 1. The molecule has 0 spiro atoms. The lowest BCUT2D eigenvalue weighted by molar-refractivity contribution is -0.108. The number of carbonyl (C=O) groups is 2. The van der Waals surface area contributed by atoms with Crippen LogP contribution in [0.3, 0.4) is 0 Å². The first kappa shape index (κ1) is 19.5. The van der Waals surface area contributed by atoms with Gasteiger partial charge in [0.1, 0.15) is 11.9 Å². The minimum Gasteiger partial charge on any atom is -0.443 e. The lowest BCUT2D eigenvalue weighted by Gasteiger charge is -2.35. The molecule has 4 rings (SSSR count). The Balaban J connectivity index is 1.73. The van der Waals surface area contributed by atoms with Crippen molar-refractivity contribution in [3.8, 4) is 0 Å². The molecule has 0 amide bonds. The lowest BCUT2D eigenvalue weighted by Crippen LogP contribution is -2.46. The van der Waals surface area contributed by atoms with Crippen LogP contribution in [0.5, 0.6) is 0 Å². The average Bonchev–Trinajstić information content (AvgIpc) is 3.01. The number of aromatic nitrogens is 1. The second kappa shape index (κ2) is 7.52. The summed E-state index contributed by atoms with van der Waals surface area (Å²) in [5, 5.41) is 2.08. The molecule has 1 aliphatic heterocycles. The van der Waals surface area contributed by atoms with Crippen LogP contribution in [0.4, 0.5) is 10.5 Å². The number of fused-ring (bicyclic) bond motifs is 3. The lowest BCUT2D eigenvalue weighted by atomic mass is 10.1. The molecule has 3 aromatic rings. The van der Waals surface area contributed by atoms with Crippen LogP contribution in [0.1, 0.15) is 20.8 Å². The molecule has 0 unspecified atom stereocenters. The van der Waals surface area contributed by atoms with Gasteiger partial charge in [0, 0.05) is 42.6 Å². The van der Waals surface area contributed by atoms with E-state index in [9.17, 15) is 9.59 Å². The first-order valence-corrected chi connectivity index (χ1v) is 10.0. The Labute approximate surface area is 170 Å². The van der Waals surface area contributed by atoms with Crippen molar-refractivity contribution in [2.75, 3.05) is 37.6 Å². The van der Waals surface area contributed by atoms with Crippen molar-refractivity contribution in [3.63, 3.8) is 0 Å². The predicted molar refractivity (Wildman–Crippen MR) is 116 cm³/mol. The number of nitrogens with zero attached hydrogens (tertiary/aromatic N) is 3. The van der Waals surface area contributed by atoms with E-state index in [4.69, 9.17) is 4.74 Å². The smallest absolute Gasteiger partial charge is 0.419 e. The fraction of sp³-hybridized carbons (Fsp3) is 0.391. The molecule has 6 nitrogen and oxygen atoms in total. The number of rotatable bonds is 3. The van der Waals surface area contributed by atoms with Gasteiger partial charge >= 0.3 is 6.09 Å². The number of hydrogen-bond donors (Lipinski definition) is 0. The zero-order chi connectivity index (χ0) is 20.6.